The Morgan fingerprint density at radius 2 is 1.96 bits per heavy atom. The molecule has 0 bridgehead atoms. The van der Waals surface area contributed by atoms with E-state index in [4.69, 9.17) is 10.5 Å². The van der Waals surface area contributed by atoms with Crippen LogP contribution in [0.3, 0.4) is 0 Å². The number of primary amides is 1. The molecule has 1 fully saturated rings. The molecule has 1 heterocycles. The third-order valence-corrected chi connectivity index (χ3v) is 3.99. The van der Waals surface area contributed by atoms with Gasteiger partial charge in [0.05, 0.1) is 5.92 Å². The first-order valence-corrected chi connectivity index (χ1v) is 7.83. The van der Waals surface area contributed by atoms with Gasteiger partial charge in [-0.05, 0) is 24.8 Å². The van der Waals surface area contributed by atoms with Crippen LogP contribution in [-0.4, -0.2) is 42.4 Å². The van der Waals surface area contributed by atoms with E-state index in [1.165, 1.54) is 0 Å². The fourth-order valence-corrected chi connectivity index (χ4v) is 2.63. The number of aryl methyl sites for hydroxylation is 1. The van der Waals surface area contributed by atoms with Gasteiger partial charge in [0.25, 0.3) is 5.91 Å². The number of piperidine rings is 1. The summed E-state index contributed by atoms with van der Waals surface area (Å²) in [6, 6.07) is 9.62. The highest BCUT2D eigenvalue weighted by Gasteiger charge is 2.27. The average molecular weight is 318 g/mol. The van der Waals surface area contributed by atoms with Gasteiger partial charge in [0, 0.05) is 19.5 Å². The normalized spacial score (nSPS) is 17.6. The highest BCUT2D eigenvalue weighted by atomic mass is 16.5. The molecule has 6 nitrogen and oxygen atoms in total. The Balaban J connectivity index is 1.71. The summed E-state index contributed by atoms with van der Waals surface area (Å²) in [5.74, 6) is -1.36. The van der Waals surface area contributed by atoms with Crippen LogP contribution in [0.1, 0.15) is 24.8 Å². The number of carbonyl (C=O) groups excluding carboxylic acids is 3. The molecule has 1 saturated heterocycles. The van der Waals surface area contributed by atoms with E-state index in [2.05, 4.69) is 0 Å². The van der Waals surface area contributed by atoms with E-state index in [0.29, 0.717) is 25.9 Å². The number of nitrogens with two attached hydrogens (primary N) is 1. The Morgan fingerprint density at radius 1 is 1.22 bits per heavy atom. The Labute approximate surface area is 135 Å². The van der Waals surface area contributed by atoms with Crippen molar-refractivity contribution in [2.75, 3.05) is 19.7 Å². The molecule has 23 heavy (non-hydrogen) atoms. The molecule has 1 aliphatic heterocycles. The molecule has 1 aromatic rings. The molecule has 0 saturated carbocycles. The van der Waals surface area contributed by atoms with Gasteiger partial charge in [-0.15, -0.1) is 0 Å². The second-order valence-corrected chi connectivity index (χ2v) is 5.73. The van der Waals surface area contributed by atoms with Crippen molar-refractivity contribution in [2.45, 2.75) is 25.7 Å². The third-order valence-electron chi connectivity index (χ3n) is 3.99. The zero-order chi connectivity index (χ0) is 16.7. The van der Waals surface area contributed by atoms with Gasteiger partial charge in [0.1, 0.15) is 0 Å². The molecule has 1 aromatic carbocycles. The number of benzene rings is 1. The lowest BCUT2D eigenvalue weighted by molar-refractivity contribution is -0.153. The number of carbonyl (C=O) groups is 3. The van der Waals surface area contributed by atoms with Crippen molar-refractivity contribution >= 4 is 17.8 Å². The molecule has 1 atom stereocenters. The number of hydrogen-bond donors (Lipinski definition) is 1. The fourth-order valence-electron chi connectivity index (χ4n) is 2.63. The molecule has 0 radical (unpaired) electrons. The highest BCUT2D eigenvalue weighted by Crippen LogP contribution is 2.16. The highest BCUT2D eigenvalue weighted by molar-refractivity contribution is 5.82. The summed E-state index contributed by atoms with van der Waals surface area (Å²) in [7, 11) is 0. The fraction of sp³-hybridized carbons (Fsp3) is 0.471. The van der Waals surface area contributed by atoms with E-state index >= 15 is 0 Å². The maximum absolute atomic E-state index is 12.0. The zero-order valence-corrected chi connectivity index (χ0v) is 13.1. The molecular formula is C17H22N2O4. The molecule has 1 aliphatic rings. The summed E-state index contributed by atoms with van der Waals surface area (Å²) in [6.45, 7) is 0.610. The van der Waals surface area contributed by atoms with Crippen molar-refractivity contribution in [3.8, 4) is 0 Å². The maximum Gasteiger partial charge on any atom is 0.306 e. The van der Waals surface area contributed by atoms with E-state index < -0.39 is 5.97 Å². The summed E-state index contributed by atoms with van der Waals surface area (Å²) in [5, 5.41) is 0. The SMILES string of the molecule is NC(=O)C1CCCN(C(=O)COC(=O)CCc2ccccc2)C1. The average Bonchev–Trinajstić information content (AvgIpc) is 2.58. The van der Waals surface area contributed by atoms with Gasteiger partial charge in [0.2, 0.25) is 5.91 Å². The van der Waals surface area contributed by atoms with Gasteiger partial charge in [-0.2, -0.15) is 0 Å². The van der Waals surface area contributed by atoms with Crippen molar-refractivity contribution in [3.05, 3.63) is 35.9 Å². The maximum atomic E-state index is 12.0. The molecule has 2 N–H and O–H groups in total. The minimum Gasteiger partial charge on any atom is -0.456 e. The Morgan fingerprint density at radius 3 is 2.65 bits per heavy atom. The summed E-state index contributed by atoms with van der Waals surface area (Å²) in [5.41, 5.74) is 6.34. The van der Waals surface area contributed by atoms with E-state index in [1.54, 1.807) is 4.90 Å². The van der Waals surface area contributed by atoms with Crippen LogP contribution < -0.4 is 5.73 Å². The molecule has 0 aromatic heterocycles. The first-order chi connectivity index (χ1) is 11.1. The Hall–Kier alpha value is -2.37. The predicted molar refractivity (Wildman–Crippen MR) is 84.2 cm³/mol. The number of rotatable bonds is 6. The molecule has 1 unspecified atom stereocenters. The molecule has 124 valence electrons. The Bertz CT molecular complexity index is 559. The van der Waals surface area contributed by atoms with Gasteiger partial charge in [-0.3, -0.25) is 14.4 Å². The minimum absolute atomic E-state index is 0.237. The van der Waals surface area contributed by atoms with E-state index in [0.717, 1.165) is 12.0 Å². The van der Waals surface area contributed by atoms with Crippen molar-refractivity contribution < 1.29 is 19.1 Å². The topological polar surface area (TPSA) is 89.7 Å². The monoisotopic (exact) mass is 318 g/mol. The van der Waals surface area contributed by atoms with Crippen molar-refractivity contribution in [1.29, 1.82) is 0 Å². The van der Waals surface area contributed by atoms with E-state index in [1.807, 2.05) is 30.3 Å². The smallest absolute Gasteiger partial charge is 0.306 e. The molecule has 2 rings (SSSR count). The van der Waals surface area contributed by atoms with Gasteiger partial charge in [-0.25, -0.2) is 0 Å². The molecule has 6 heteroatoms. The van der Waals surface area contributed by atoms with Gasteiger partial charge < -0.3 is 15.4 Å². The van der Waals surface area contributed by atoms with Crippen molar-refractivity contribution in [1.82, 2.24) is 4.90 Å². The lowest BCUT2D eigenvalue weighted by atomic mass is 9.97. The number of ether oxygens (including phenoxy) is 1. The number of likely N-dealkylation sites (tertiary alicyclic amines) is 1. The minimum atomic E-state index is -0.398. The third kappa shape index (κ3) is 5.39. The van der Waals surface area contributed by atoms with Crippen LogP contribution >= 0.6 is 0 Å². The number of nitrogens with zero attached hydrogens (tertiary/aromatic N) is 1. The standard InChI is InChI=1S/C17H22N2O4/c18-17(22)14-7-4-10-19(11-14)15(20)12-23-16(21)9-8-13-5-2-1-3-6-13/h1-3,5-6,14H,4,7-12H2,(H2,18,22). The van der Waals surface area contributed by atoms with Crippen LogP contribution in [0.15, 0.2) is 30.3 Å². The van der Waals surface area contributed by atoms with Crippen LogP contribution in [0, 0.1) is 5.92 Å². The lowest BCUT2D eigenvalue weighted by Gasteiger charge is -2.31. The molecule has 0 spiro atoms. The van der Waals surface area contributed by atoms with Crippen LogP contribution in [0.5, 0.6) is 0 Å². The first-order valence-electron chi connectivity index (χ1n) is 7.83. The quantitative estimate of drug-likeness (QED) is 0.789. The van der Waals surface area contributed by atoms with Gasteiger partial charge >= 0.3 is 5.97 Å². The number of esters is 1. The Kier molecular flexibility index (Phi) is 6.14. The van der Waals surface area contributed by atoms with Gasteiger partial charge in [0.15, 0.2) is 6.61 Å². The number of hydrogen-bond acceptors (Lipinski definition) is 4. The summed E-state index contributed by atoms with van der Waals surface area (Å²) < 4.78 is 5.03. The van der Waals surface area contributed by atoms with Crippen molar-refractivity contribution in [2.24, 2.45) is 11.7 Å². The largest absolute Gasteiger partial charge is 0.456 e. The first kappa shape index (κ1) is 17.0. The van der Waals surface area contributed by atoms with E-state index in [-0.39, 0.29) is 30.8 Å². The van der Waals surface area contributed by atoms with Gasteiger partial charge in [-0.1, -0.05) is 30.3 Å². The van der Waals surface area contributed by atoms with Crippen LogP contribution in [0.25, 0.3) is 0 Å². The molecule has 2 amide bonds. The molecule has 0 aliphatic carbocycles. The second-order valence-electron chi connectivity index (χ2n) is 5.73. The summed E-state index contributed by atoms with van der Waals surface area (Å²) in [6.07, 6.45) is 2.26. The zero-order valence-electron chi connectivity index (χ0n) is 13.1. The summed E-state index contributed by atoms with van der Waals surface area (Å²) in [4.78, 5) is 36.5. The second kappa shape index (κ2) is 8.31. The van der Waals surface area contributed by atoms with Crippen LogP contribution in [0.2, 0.25) is 0 Å². The van der Waals surface area contributed by atoms with E-state index in [9.17, 15) is 14.4 Å². The van der Waals surface area contributed by atoms with Crippen molar-refractivity contribution in [3.63, 3.8) is 0 Å². The van der Waals surface area contributed by atoms with Crippen LogP contribution in [0.4, 0.5) is 0 Å². The summed E-state index contributed by atoms with van der Waals surface area (Å²) >= 11 is 0. The molecular weight excluding hydrogens is 296 g/mol. The van der Waals surface area contributed by atoms with Crippen LogP contribution in [-0.2, 0) is 25.5 Å². The lowest BCUT2D eigenvalue weighted by Crippen LogP contribution is -2.45. The predicted octanol–water partition coefficient (Wildman–Crippen LogP) is 0.886. The number of amides is 2.